The molecule has 0 spiro atoms. The molecule has 5 heteroatoms. The monoisotopic (exact) mass is 292 g/mol. The van der Waals surface area contributed by atoms with Crippen molar-refractivity contribution in [3.05, 3.63) is 30.0 Å². The highest BCUT2D eigenvalue weighted by Gasteiger charge is 2.34. The van der Waals surface area contributed by atoms with E-state index in [2.05, 4.69) is 4.98 Å². The van der Waals surface area contributed by atoms with Gasteiger partial charge >= 0.3 is 0 Å². The molecular formula is C16H18F2N2O. The maximum Gasteiger partial charge on any atom is 0.251 e. The van der Waals surface area contributed by atoms with Crippen LogP contribution in [0.4, 0.5) is 14.5 Å². The third-order valence-corrected chi connectivity index (χ3v) is 4.02. The van der Waals surface area contributed by atoms with Gasteiger partial charge in [0.1, 0.15) is 5.75 Å². The van der Waals surface area contributed by atoms with Crippen molar-refractivity contribution in [3.63, 3.8) is 0 Å². The van der Waals surface area contributed by atoms with Gasteiger partial charge in [-0.1, -0.05) is 6.92 Å². The number of pyridine rings is 1. The first-order chi connectivity index (χ1) is 9.98. The predicted octanol–water partition coefficient (Wildman–Crippen LogP) is 3.74. The van der Waals surface area contributed by atoms with Crippen LogP contribution in [0.5, 0.6) is 5.75 Å². The molecule has 0 amide bonds. The molecule has 0 bridgehead atoms. The lowest BCUT2D eigenvalue weighted by molar-refractivity contribution is -0.0220. The quantitative estimate of drug-likeness (QED) is 0.916. The zero-order chi connectivity index (χ0) is 15.0. The molecule has 0 unspecified atom stereocenters. The van der Waals surface area contributed by atoms with Crippen LogP contribution in [-0.2, 0) is 6.42 Å². The number of anilines is 1. The smallest absolute Gasteiger partial charge is 0.251 e. The molecule has 1 fully saturated rings. The minimum absolute atomic E-state index is 0.115. The molecule has 1 aromatic carbocycles. The van der Waals surface area contributed by atoms with E-state index in [-0.39, 0.29) is 18.6 Å². The minimum atomic E-state index is -2.55. The fourth-order valence-corrected chi connectivity index (χ4v) is 2.77. The van der Waals surface area contributed by atoms with Gasteiger partial charge in [0.05, 0.1) is 5.52 Å². The Balaban J connectivity index is 2.04. The van der Waals surface area contributed by atoms with E-state index in [1.54, 1.807) is 18.2 Å². The normalized spacial score (nSPS) is 18.1. The molecule has 1 saturated heterocycles. The van der Waals surface area contributed by atoms with Gasteiger partial charge in [0, 0.05) is 48.8 Å². The van der Waals surface area contributed by atoms with Crippen molar-refractivity contribution in [2.75, 3.05) is 18.0 Å². The summed E-state index contributed by atoms with van der Waals surface area (Å²) in [5.74, 6) is -2.38. The average Bonchev–Trinajstić information content (AvgIpc) is 2.45. The summed E-state index contributed by atoms with van der Waals surface area (Å²) in [6, 6.07) is 7.01. The molecule has 0 atom stereocenters. The molecule has 3 nitrogen and oxygen atoms in total. The average molecular weight is 292 g/mol. The molecule has 112 valence electrons. The first-order valence-electron chi connectivity index (χ1n) is 7.24. The number of halogens is 2. The minimum Gasteiger partial charge on any atom is -0.508 e. The van der Waals surface area contributed by atoms with E-state index in [4.69, 9.17) is 0 Å². The fourth-order valence-electron chi connectivity index (χ4n) is 2.77. The van der Waals surface area contributed by atoms with E-state index in [0.717, 1.165) is 23.2 Å². The summed E-state index contributed by atoms with van der Waals surface area (Å²) in [5.41, 5.74) is 2.55. The molecule has 0 saturated carbocycles. The van der Waals surface area contributed by atoms with Gasteiger partial charge in [-0.15, -0.1) is 0 Å². The summed E-state index contributed by atoms with van der Waals surface area (Å²) in [6.45, 7) is 2.69. The number of hydrogen-bond acceptors (Lipinski definition) is 3. The van der Waals surface area contributed by atoms with Crippen LogP contribution in [0.3, 0.4) is 0 Å². The number of fused-ring (bicyclic) bond motifs is 1. The third-order valence-electron chi connectivity index (χ3n) is 4.02. The van der Waals surface area contributed by atoms with Crippen LogP contribution in [-0.4, -0.2) is 29.1 Å². The number of aromatic hydroxyl groups is 1. The van der Waals surface area contributed by atoms with Crippen molar-refractivity contribution in [3.8, 4) is 5.75 Å². The Morgan fingerprint density at radius 1 is 1.24 bits per heavy atom. The molecule has 1 aromatic heterocycles. The van der Waals surface area contributed by atoms with E-state index in [1.165, 1.54) is 0 Å². The maximum absolute atomic E-state index is 13.3. The van der Waals surface area contributed by atoms with Crippen LogP contribution >= 0.6 is 0 Å². The van der Waals surface area contributed by atoms with Gasteiger partial charge in [-0.2, -0.15) is 0 Å². The first-order valence-corrected chi connectivity index (χ1v) is 7.24. The van der Waals surface area contributed by atoms with Crippen LogP contribution in [0.1, 0.15) is 25.5 Å². The first kappa shape index (κ1) is 14.0. The summed E-state index contributed by atoms with van der Waals surface area (Å²) in [7, 11) is 0. The molecule has 1 aliphatic rings. The number of aryl methyl sites for hydroxylation is 1. The van der Waals surface area contributed by atoms with Crippen molar-refractivity contribution in [2.24, 2.45) is 0 Å². The van der Waals surface area contributed by atoms with Crippen LogP contribution in [0, 0.1) is 0 Å². The van der Waals surface area contributed by atoms with E-state index in [0.29, 0.717) is 18.6 Å². The molecule has 2 aromatic rings. The lowest BCUT2D eigenvalue weighted by Gasteiger charge is -2.34. The number of aromatic nitrogens is 1. The zero-order valence-electron chi connectivity index (χ0n) is 11.9. The number of phenolic OH excluding ortho intramolecular Hbond substituents is 1. The van der Waals surface area contributed by atoms with Gasteiger partial charge in [0.25, 0.3) is 5.92 Å². The molecule has 1 N–H and O–H groups in total. The molecule has 21 heavy (non-hydrogen) atoms. The second-order valence-electron chi connectivity index (χ2n) is 5.53. The molecule has 2 heterocycles. The predicted molar refractivity (Wildman–Crippen MR) is 79.2 cm³/mol. The number of phenols is 1. The van der Waals surface area contributed by atoms with E-state index < -0.39 is 5.92 Å². The van der Waals surface area contributed by atoms with Gasteiger partial charge in [0.2, 0.25) is 0 Å². The Kier molecular flexibility index (Phi) is 3.43. The molecular weight excluding hydrogens is 274 g/mol. The molecule has 0 aliphatic carbocycles. The standard InChI is InChI=1S/C16H18F2N2O/c1-2-11-9-15(20-7-5-16(17,18)6-8-20)13-4-3-12(21)10-14(13)19-11/h3-4,9-10,21H,2,5-8H2,1H3. The number of benzene rings is 1. The van der Waals surface area contributed by atoms with Crippen molar-refractivity contribution in [2.45, 2.75) is 32.1 Å². The number of rotatable bonds is 2. The highest BCUT2D eigenvalue weighted by Crippen LogP contribution is 2.34. The highest BCUT2D eigenvalue weighted by atomic mass is 19.3. The summed E-state index contributed by atoms with van der Waals surface area (Å²) in [5, 5.41) is 10.5. The van der Waals surface area contributed by atoms with Gasteiger partial charge in [-0.25, -0.2) is 8.78 Å². The van der Waals surface area contributed by atoms with Crippen molar-refractivity contribution >= 4 is 16.6 Å². The van der Waals surface area contributed by atoms with Gasteiger partial charge < -0.3 is 10.0 Å². The third kappa shape index (κ3) is 2.77. The molecule has 0 radical (unpaired) electrons. The fraction of sp³-hybridized carbons (Fsp3) is 0.438. The van der Waals surface area contributed by atoms with Crippen molar-refractivity contribution in [1.82, 2.24) is 4.98 Å². The van der Waals surface area contributed by atoms with Crippen molar-refractivity contribution in [1.29, 1.82) is 0 Å². The summed E-state index contributed by atoms with van der Waals surface area (Å²) < 4.78 is 26.7. The van der Waals surface area contributed by atoms with Crippen LogP contribution < -0.4 is 4.90 Å². The largest absolute Gasteiger partial charge is 0.508 e. The Labute approximate surface area is 122 Å². The lowest BCUT2D eigenvalue weighted by Crippen LogP contribution is -2.39. The van der Waals surface area contributed by atoms with E-state index in [9.17, 15) is 13.9 Å². The van der Waals surface area contributed by atoms with Crippen LogP contribution in [0.25, 0.3) is 10.9 Å². The van der Waals surface area contributed by atoms with Gasteiger partial charge in [-0.3, -0.25) is 4.98 Å². The SMILES string of the molecule is CCc1cc(N2CCC(F)(F)CC2)c2ccc(O)cc2n1. The lowest BCUT2D eigenvalue weighted by atomic mass is 10.0. The Bertz CT molecular complexity index is 663. The number of hydrogen-bond donors (Lipinski definition) is 1. The van der Waals surface area contributed by atoms with Crippen LogP contribution in [0.15, 0.2) is 24.3 Å². The highest BCUT2D eigenvalue weighted by molar-refractivity contribution is 5.92. The molecule has 3 rings (SSSR count). The van der Waals surface area contributed by atoms with Crippen molar-refractivity contribution < 1.29 is 13.9 Å². The number of alkyl halides is 2. The molecule has 1 aliphatic heterocycles. The van der Waals surface area contributed by atoms with Gasteiger partial charge in [-0.05, 0) is 24.6 Å². The zero-order valence-corrected chi connectivity index (χ0v) is 11.9. The summed E-state index contributed by atoms with van der Waals surface area (Å²) >= 11 is 0. The maximum atomic E-state index is 13.3. The van der Waals surface area contributed by atoms with Crippen LogP contribution in [0.2, 0.25) is 0 Å². The second kappa shape index (κ2) is 5.13. The van der Waals surface area contributed by atoms with Gasteiger partial charge in [0.15, 0.2) is 0 Å². The summed E-state index contributed by atoms with van der Waals surface area (Å²) in [4.78, 5) is 6.50. The Morgan fingerprint density at radius 3 is 2.62 bits per heavy atom. The van der Waals surface area contributed by atoms with E-state index in [1.807, 2.05) is 17.9 Å². The number of piperidine rings is 1. The Hall–Kier alpha value is -1.91. The van der Waals surface area contributed by atoms with E-state index >= 15 is 0 Å². The Morgan fingerprint density at radius 2 is 1.95 bits per heavy atom. The topological polar surface area (TPSA) is 36.4 Å². The number of nitrogens with zero attached hydrogens (tertiary/aromatic N) is 2. The summed E-state index contributed by atoms with van der Waals surface area (Å²) in [6.07, 6.45) is 0.537. The second-order valence-corrected chi connectivity index (χ2v) is 5.53.